The Hall–Kier alpha value is -1.03. The first-order chi connectivity index (χ1) is 8.13. The van der Waals surface area contributed by atoms with Crippen LogP contribution >= 0.6 is 11.6 Å². The molecule has 0 aliphatic heterocycles. The van der Waals surface area contributed by atoms with Crippen LogP contribution in [-0.2, 0) is 0 Å². The first-order valence-corrected chi connectivity index (χ1v) is 6.34. The van der Waals surface area contributed by atoms with Gasteiger partial charge in [-0.15, -0.1) is 0 Å². The van der Waals surface area contributed by atoms with Gasteiger partial charge in [0.25, 0.3) is 0 Å². The molecule has 1 aromatic rings. The van der Waals surface area contributed by atoms with Gasteiger partial charge < -0.3 is 9.64 Å². The average Bonchev–Trinajstić information content (AvgIpc) is 2.28. The van der Waals surface area contributed by atoms with Crippen molar-refractivity contribution in [3.05, 3.63) is 11.0 Å². The van der Waals surface area contributed by atoms with Crippen LogP contribution in [0.3, 0.4) is 0 Å². The molecule has 4 nitrogen and oxygen atoms in total. The van der Waals surface area contributed by atoms with Crippen LogP contribution in [0.25, 0.3) is 0 Å². The molecule has 0 bridgehead atoms. The molecule has 0 N–H and O–H groups in total. The molecule has 96 valence electrons. The first-order valence-electron chi connectivity index (χ1n) is 5.97. The highest BCUT2D eigenvalue weighted by Crippen LogP contribution is 2.30. The van der Waals surface area contributed by atoms with Gasteiger partial charge in [-0.2, -0.15) is 4.98 Å². The molecule has 0 amide bonds. The number of methoxy groups -OCH3 is 1. The van der Waals surface area contributed by atoms with Crippen molar-refractivity contribution in [2.75, 3.05) is 25.1 Å². The second kappa shape index (κ2) is 6.64. The standard InChI is InChI=1S/C12H20ClN3O/c1-5-7-16(8-6-2)10-9(3)14-12(13)15-11(10)17-4/h5-8H2,1-4H3. The Morgan fingerprint density at radius 1 is 1.18 bits per heavy atom. The Kier molecular flexibility index (Phi) is 5.48. The van der Waals surface area contributed by atoms with Crippen LogP contribution in [0.5, 0.6) is 5.88 Å². The van der Waals surface area contributed by atoms with Crippen LogP contribution < -0.4 is 9.64 Å². The third-order valence-corrected chi connectivity index (χ3v) is 2.66. The van der Waals surface area contributed by atoms with Gasteiger partial charge in [-0.3, -0.25) is 0 Å². The number of rotatable bonds is 6. The average molecular weight is 258 g/mol. The van der Waals surface area contributed by atoms with E-state index in [1.165, 1.54) is 0 Å². The maximum atomic E-state index is 5.84. The zero-order valence-corrected chi connectivity index (χ0v) is 11.7. The predicted molar refractivity (Wildman–Crippen MR) is 71.1 cm³/mol. The molecule has 1 rings (SSSR count). The van der Waals surface area contributed by atoms with Crippen LogP contribution in [0.2, 0.25) is 5.28 Å². The van der Waals surface area contributed by atoms with E-state index < -0.39 is 0 Å². The zero-order chi connectivity index (χ0) is 12.8. The number of ether oxygens (including phenoxy) is 1. The number of hydrogen-bond acceptors (Lipinski definition) is 4. The Bertz CT molecular complexity index is 365. The van der Waals surface area contributed by atoms with Gasteiger partial charge in [-0.1, -0.05) is 13.8 Å². The molecular weight excluding hydrogens is 238 g/mol. The lowest BCUT2D eigenvalue weighted by Gasteiger charge is -2.26. The third-order valence-electron chi connectivity index (χ3n) is 2.50. The zero-order valence-electron chi connectivity index (χ0n) is 11.0. The van der Waals surface area contributed by atoms with Crippen LogP contribution in [0.4, 0.5) is 5.69 Å². The fourth-order valence-electron chi connectivity index (χ4n) is 1.89. The fraction of sp³-hybridized carbons (Fsp3) is 0.667. The molecule has 0 saturated heterocycles. The number of anilines is 1. The van der Waals surface area contributed by atoms with E-state index in [4.69, 9.17) is 16.3 Å². The molecule has 0 radical (unpaired) electrons. The summed E-state index contributed by atoms with van der Waals surface area (Å²) in [6.45, 7) is 8.18. The van der Waals surface area contributed by atoms with Crippen molar-refractivity contribution < 1.29 is 4.74 Å². The molecule has 0 spiro atoms. The molecular formula is C12H20ClN3O. The van der Waals surface area contributed by atoms with Crippen molar-refractivity contribution in [2.45, 2.75) is 33.6 Å². The van der Waals surface area contributed by atoms with Gasteiger partial charge in [0.15, 0.2) is 0 Å². The van der Waals surface area contributed by atoms with E-state index >= 15 is 0 Å². The summed E-state index contributed by atoms with van der Waals surface area (Å²) in [6, 6.07) is 0. The van der Waals surface area contributed by atoms with Crippen molar-refractivity contribution in [3.8, 4) is 5.88 Å². The molecule has 5 heteroatoms. The first kappa shape index (κ1) is 14.0. The van der Waals surface area contributed by atoms with Gasteiger partial charge >= 0.3 is 0 Å². The number of hydrogen-bond donors (Lipinski definition) is 0. The van der Waals surface area contributed by atoms with Crippen molar-refractivity contribution in [1.29, 1.82) is 0 Å². The molecule has 0 atom stereocenters. The summed E-state index contributed by atoms with van der Waals surface area (Å²) in [5.74, 6) is 0.560. The Morgan fingerprint density at radius 3 is 2.24 bits per heavy atom. The van der Waals surface area contributed by atoms with E-state index in [1.54, 1.807) is 7.11 Å². The van der Waals surface area contributed by atoms with E-state index in [9.17, 15) is 0 Å². The summed E-state index contributed by atoms with van der Waals surface area (Å²) in [4.78, 5) is 10.6. The Balaban J connectivity index is 3.15. The van der Waals surface area contributed by atoms with E-state index in [-0.39, 0.29) is 5.28 Å². The highest BCUT2D eigenvalue weighted by Gasteiger charge is 2.17. The topological polar surface area (TPSA) is 38.2 Å². The van der Waals surface area contributed by atoms with Gasteiger partial charge in [0.1, 0.15) is 5.69 Å². The lowest BCUT2D eigenvalue weighted by atomic mass is 10.2. The highest BCUT2D eigenvalue weighted by molar-refractivity contribution is 6.28. The summed E-state index contributed by atoms with van der Waals surface area (Å²) < 4.78 is 5.30. The van der Waals surface area contributed by atoms with Crippen LogP contribution in [0.1, 0.15) is 32.4 Å². The van der Waals surface area contributed by atoms with Gasteiger partial charge in [0.2, 0.25) is 11.2 Å². The summed E-state index contributed by atoms with van der Waals surface area (Å²) >= 11 is 5.84. The highest BCUT2D eigenvalue weighted by atomic mass is 35.5. The molecule has 0 saturated carbocycles. The molecule has 0 aromatic carbocycles. The maximum absolute atomic E-state index is 5.84. The largest absolute Gasteiger partial charge is 0.479 e. The summed E-state index contributed by atoms with van der Waals surface area (Å²) in [7, 11) is 1.61. The lowest BCUT2D eigenvalue weighted by molar-refractivity contribution is 0.395. The van der Waals surface area contributed by atoms with Gasteiger partial charge in [-0.25, -0.2) is 4.98 Å². The molecule has 1 heterocycles. The van der Waals surface area contributed by atoms with E-state index in [1.807, 2.05) is 6.92 Å². The summed E-state index contributed by atoms with van der Waals surface area (Å²) in [5.41, 5.74) is 1.82. The van der Waals surface area contributed by atoms with Crippen LogP contribution in [-0.4, -0.2) is 30.2 Å². The fourth-order valence-corrected chi connectivity index (χ4v) is 2.09. The molecule has 0 aliphatic carbocycles. The van der Waals surface area contributed by atoms with E-state index in [2.05, 4.69) is 28.7 Å². The van der Waals surface area contributed by atoms with Gasteiger partial charge in [0, 0.05) is 13.1 Å². The second-order valence-electron chi connectivity index (χ2n) is 3.92. The minimum atomic E-state index is 0.232. The SMILES string of the molecule is CCCN(CCC)c1c(C)nc(Cl)nc1OC. The quantitative estimate of drug-likeness (QED) is 0.734. The molecule has 0 aliphatic rings. The second-order valence-corrected chi connectivity index (χ2v) is 4.26. The summed E-state index contributed by atoms with van der Waals surface area (Å²) in [6.07, 6.45) is 2.15. The molecule has 1 aromatic heterocycles. The van der Waals surface area contributed by atoms with Crippen LogP contribution in [0.15, 0.2) is 0 Å². The van der Waals surface area contributed by atoms with E-state index in [0.29, 0.717) is 5.88 Å². The minimum absolute atomic E-state index is 0.232. The van der Waals surface area contributed by atoms with Crippen molar-refractivity contribution in [2.24, 2.45) is 0 Å². The van der Waals surface area contributed by atoms with Crippen LogP contribution in [0, 0.1) is 6.92 Å². The van der Waals surface area contributed by atoms with E-state index in [0.717, 1.165) is 37.3 Å². The van der Waals surface area contributed by atoms with Gasteiger partial charge in [0.05, 0.1) is 12.8 Å². The Labute approximate surface area is 108 Å². The molecule has 17 heavy (non-hydrogen) atoms. The monoisotopic (exact) mass is 257 g/mol. The molecule has 0 unspecified atom stereocenters. The smallest absolute Gasteiger partial charge is 0.242 e. The summed E-state index contributed by atoms with van der Waals surface area (Å²) in [5, 5.41) is 0.232. The number of aromatic nitrogens is 2. The normalized spacial score (nSPS) is 10.4. The van der Waals surface area contributed by atoms with Crippen molar-refractivity contribution in [1.82, 2.24) is 9.97 Å². The Morgan fingerprint density at radius 2 is 1.76 bits per heavy atom. The number of halogens is 1. The predicted octanol–water partition coefficient (Wildman–Crippen LogP) is 3.07. The minimum Gasteiger partial charge on any atom is -0.479 e. The third kappa shape index (κ3) is 3.46. The number of nitrogens with zero attached hydrogens (tertiary/aromatic N) is 3. The van der Waals surface area contributed by atoms with Crippen molar-refractivity contribution >= 4 is 17.3 Å². The number of aryl methyl sites for hydroxylation is 1. The van der Waals surface area contributed by atoms with Crippen molar-refractivity contribution in [3.63, 3.8) is 0 Å². The molecule has 0 fully saturated rings. The lowest BCUT2D eigenvalue weighted by Crippen LogP contribution is -2.27. The van der Waals surface area contributed by atoms with Gasteiger partial charge in [-0.05, 0) is 31.4 Å². The maximum Gasteiger partial charge on any atom is 0.242 e.